The highest BCUT2D eigenvalue weighted by molar-refractivity contribution is 9.10. The normalized spacial score (nSPS) is 11.0. The predicted molar refractivity (Wildman–Crippen MR) is 102 cm³/mol. The number of amides is 1. The van der Waals surface area contributed by atoms with Crippen LogP contribution in [0.15, 0.2) is 75.4 Å². The number of hydrogen-bond acceptors (Lipinski definition) is 4. The number of hydrogen-bond donors (Lipinski definition) is 1. The van der Waals surface area contributed by atoms with Crippen LogP contribution in [-0.4, -0.2) is 10.9 Å². The molecule has 3 aromatic rings. The van der Waals surface area contributed by atoms with E-state index in [0.29, 0.717) is 18.1 Å². The third kappa shape index (κ3) is 4.47. The van der Waals surface area contributed by atoms with Crippen LogP contribution in [0.5, 0.6) is 0 Å². The summed E-state index contributed by atoms with van der Waals surface area (Å²) in [7, 11) is 0. The summed E-state index contributed by atoms with van der Waals surface area (Å²) in [6.45, 7) is 0.300. The fourth-order valence-electron chi connectivity index (χ4n) is 2.27. The number of benzene rings is 1. The molecule has 26 heavy (non-hydrogen) atoms. The highest BCUT2D eigenvalue weighted by Crippen LogP contribution is 2.25. The highest BCUT2D eigenvalue weighted by Gasteiger charge is 2.11. The highest BCUT2D eigenvalue weighted by atomic mass is 79.9. The molecule has 0 saturated heterocycles. The molecule has 0 aliphatic rings. The first-order valence-corrected chi connectivity index (χ1v) is 8.59. The topological polar surface area (TPSA) is 78.9 Å². The Morgan fingerprint density at radius 1 is 1.23 bits per heavy atom. The molecule has 0 fully saturated rings. The molecule has 0 spiro atoms. The Morgan fingerprint density at radius 2 is 2.04 bits per heavy atom. The van der Waals surface area contributed by atoms with Crippen LogP contribution in [-0.2, 0) is 11.3 Å². The fraction of sp³-hybridized carbons (Fsp3) is 0.0500. The zero-order valence-corrected chi connectivity index (χ0v) is 15.2. The molecule has 1 amide bonds. The molecule has 0 unspecified atom stereocenters. The predicted octanol–water partition coefficient (Wildman–Crippen LogP) is 4.33. The summed E-state index contributed by atoms with van der Waals surface area (Å²) in [6, 6.07) is 16.7. The lowest BCUT2D eigenvalue weighted by atomic mass is 10.2. The van der Waals surface area contributed by atoms with Crippen LogP contribution >= 0.6 is 15.9 Å². The summed E-state index contributed by atoms with van der Waals surface area (Å²) in [5.74, 6) is 0.644. The van der Waals surface area contributed by atoms with Gasteiger partial charge < -0.3 is 9.73 Å². The maximum atomic E-state index is 12.2. The minimum atomic E-state index is -0.460. The number of pyridine rings is 1. The van der Waals surface area contributed by atoms with Crippen molar-refractivity contribution in [1.82, 2.24) is 10.3 Å². The van der Waals surface area contributed by atoms with Gasteiger partial charge in [0, 0.05) is 35.1 Å². The van der Waals surface area contributed by atoms with Gasteiger partial charge in [0.1, 0.15) is 23.2 Å². The second-order valence-corrected chi connectivity index (χ2v) is 6.34. The van der Waals surface area contributed by atoms with E-state index >= 15 is 0 Å². The van der Waals surface area contributed by atoms with E-state index in [1.807, 2.05) is 36.4 Å². The Bertz CT molecular complexity index is 970. The van der Waals surface area contributed by atoms with Gasteiger partial charge in [-0.1, -0.05) is 34.1 Å². The van der Waals surface area contributed by atoms with E-state index in [1.165, 1.54) is 6.08 Å². The molecule has 0 aliphatic carbocycles. The number of nitriles is 1. The van der Waals surface area contributed by atoms with Gasteiger partial charge in [0.15, 0.2) is 0 Å². The first-order chi connectivity index (χ1) is 12.7. The van der Waals surface area contributed by atoms with Gasteiger partial charge in [-0.05, 0) is 35.9 Å². The molecule has 5 nitrogen and oxygen atoms in total. The number of halogens is 1. The number of rotatable bonds is 5. The lowest BCUT2D eigenvalue weighted by Crippen LogP contribution is -2.23. The van der Waals surface area contributed by atoms with Crippen LogP contribution in [0.4, 0.5) is 0 Å². The van der Waals surface area contributed by atoms with Gasteiger partial charge >= 0.3 is 0 Å². The van der Waals surface area contributed by atoms with Gasteiger partial charge in [-0.2, -0.15) is 5.26 Å². The average Bonchev–Trinajstić information content (AvgIpc) is 3.14. The largest absolute Gasteiger partial charge is 0.457 e. The molecule has 0 radical (unpaired) electrons. The summed E-state index contributed by atoms with van der Waals surface area (Å²) in [4.78, 5) is 16.2. The number of carbonyl (C=O) groups is 1. The minimum Gasteiger partial charge on any atom is -0.457 e. The molecule has 2 aromatic heterocycles. The average molecular weight is 408 g/mol. The molecule has 0 saturated carbocycles. The van der Waals surface area contributed by atoms with Gasteiger partial charge in [0.2, 0.25) is 0 Å². The van der Waals surface area contributed by atoms with Crippen LogP contribution in [0, 0.1) is 11.3 Å². The zero-order valence-electron chi connectivity index (χ0n) is 13.6. The number of nitrogens with one attached hydrogen (secondary N) is 1. The smallest absolute Gasteiger partial charge is 0.262 e. The number of carbonyl (C=O) groups excluding carboxylic acids is 1. The van der Waals surface area contributed by atoms with Crippen LogP contribution in [0.3, 0.4) is 0 Å². The SMILES string of the molecule is N#CC(=Cc1ccc(-c2ccc(Br)cc2)o1)C(=O)NCc1cccnc1. The maximum absolute atomic E-state index is 12.2. The second-order valence-electron chi connectivity index (χ2n) is 5.42. The van der Waals surface area contributed by atoms with Crippen molar-refractivity contribution in [1.29, 1.82) is 5.26 Å². The molecular formula is C20H14BrN3O2. The standard InChI is InChI=1S/C20H14BrN3O2/c21-17-5-3-15(4-6-17)19-8-7-18(26-19)10-16(11-22)20(25)24-13-14-2-1-9-23-12-14/h1-10,12H,13H2,(H,24,25). The Labute approximate surface area is 159 Å². The van der Waals surface area contributed by atoms with E-state index < -0.39 is 5.91 Å². The van der Waals surface area contributed by atoms with Gasteiger partial charge in [0.05, 0.1) is 0 Å². The van der Waals surface area contributed by atoms with Crippen LogP contribution in [0.2, 0.25) is 0 Å². The molecule has 6 heteroatoms. The number of nitrogens with zero attached hydrogens (tertiary/aromatic N) is 2. The molecule has 1 N–H and O–H groups in total. The van der Waals surface area contributed by atoms with Crippen LogP contribution in [0.25, 0.3) is 17.4 Å². The third-order valence-electron chi connectivity index (χ3n) is 3.58. The fourth-order valence-corrected chi connectivity index (χ4v) is 2.54. The molecule has 2 heterocycles. The molecule has 128 valence electrons. The summed E-state index contributed by atoms with van der Waals surface area (Å²) in [6.07, 6.45) is 4.75. The second kappa shape index (κ2) is 8.28. The van der Waals surface area contributed by atoms with Gasteiger partial charge in [-0.25, -0.2) is 0 Å². The summed E-state index contributed by atoms with van der Waals surface area (Å²) in [5, 5.41) is 12.0. The van der Waals surface area contributed by atoms with Crippen molar-refractivity contribution >= 4 is 27.9 Å². The van der Waals surface area contributed by atoms with Gasteiger partial charge in [0.25, 0.3) is 5.91 Å². The van der Waals surface area contributed by atoms with E-state index in [2.05, 4.69) is 26.2 Å². The van der Waals surface area contributed by atoms with Crippen molar-refractivity contribution in [3.05, 3.63) is 82.3 Å². The zero-order chi connectivity index (χ0) is 18.4. The van der Waals surface area contributed by atoms with E-state index in [-0.39, 0.29) is 5.57 Å². The first-order valence-electron chi connectivity index (χ1n) is 7.80. The molecule has 0 bridgehead atoms. The van der Waals surface area contributed by atoms with E-state index in [9.17, 15) is 10.1 Å². The van der Waals surface area contributed by atoms with E-state index in [1.54, 1.807) is 30.6 Å². The maximum Gasteiger partial charge on any atom is 0.262 e. The van der Waals surface area contributed by atoms with Crippen molar-refractivity contribution in [3.63, 3.8) is 0 Å². The van der Waals surface area contributed by atoms with Crippen molar-refractivity contribution in [3.8, 4) is 17.4 Å². The Balaban J connectivity index is 1.71. The molecule has 3 rings (SSSR count). The lowest BCUT2D eigenvalue weighted by molar-refractivity contribution is -0.117. The van der Waals surface area contributed by atoms with Crippen molar-refractivity contribution < 1.29 is 9.21 Å². The molecule has 0 atom stereocenters. The van der Waals surface area contributed by atoms with Gasteiger partial charge in [-0.3, -0.25) is 9.78 Å². The monoisotopic (exact) mass is 407 g/mol. The summed E-state index contributed by atoms with van der Waals surface area (Å²) >= 11 is 3.39. The van der Waals surface area contributed by atoms with E-state index in [0.717, 1.165) is 15.6 Å². The minimum absolute atomic E-state index is 0.0226. The quantitative estimate of drug-likeness (QED) is 0.504. The molecule has 1 aromatic carbocycles. The van der Waals surface area contributed by atoms with Crippen molar-refractivity contribution in [2.45, 2.75) is 6.54 Å². The number of furan rings is 1. The first kappa shape index (κ1) is 17.6. The summed E-state index contributed by atoms with van der Waals surface area (Å²) < 4.78 is 6.70. The van der Waals surface area contributed by atoms with Gasteiger partial charge in [-0.15, -0.1) is 0 Å². The third-order valence-corrected chi connectivity index (χ3v) is 4.11. The van der Waals surface area contributed by atoms with Crippen molar-refractivity contribution in [2.24, 2.45) is 0 Å². The van der Waals surface area contributed by atoms with Crippen LogP contribution < -0.4 is 5.32 Å². The van der Waals surface area contributed by atoms with Crippen molar-refractivity contribution in [2.75, 3.05) is 0 Å². The summed E-state index contributed by atoms with van der Waals surface area (Å²) in [5.41, 5.74) is 1.74. The Kier molecular flexibility index (Phi) is 5.62. The Hall–Kier alpha value is -3.17. The molecular weight excluding hydrogens is 394 g/mol. The lowest BCUT2D eigenvalue weighted by Gasteiger charge is -2.03. The Morgan fingerprint density at radius 3 is 2.73 bits per heavy atom. The van der Waals surface area contributed by atoms with E-state index in [4.69, 9.17) is 4.42 Å². The number of aromatic nitrogens is 1. The van der Waals surface area contributed by atoms with Crippen LogP contribution in [0.1, 0.15) is 11.3 Å². The molecule has 0 aliphatic heterocycles.